The van der Waals surface area contributed by atoms with Gasteiger partial charge in [-0.05, 0) is 54.6 Å². The number of carbonyl (C=O) groups excluding carboxylic acids is 2. The van der Waals surface area contributed by atoms with Gasteiger partial charge in [0.2, 0.25) is 0 Å². The molecule has 1 fully saturated rings. The van der Waals surface area contributed by atoms with Crippen LogP contribution in [0.15, 0.2) is 0 Å². The third-order valence-electron chi connectivity index (χ3n) is 3.39. The highest BCUT2D eigenvalue weighted by molar-refractivity contribution is 6.66. The molecule has 0 bridgehead atoms. The largest absolute Gasteiger partial charge is 0.466 e. The van der Waals surface area contributed by atoms with Crippen molar-refractivity contribution in [2.75, 3.05) is 6.61 Å². The number of alkyl halides is 3. The fraction of sp³-hybridized carbons (Fsp3) is 0.846. The summed E-state index contributed by atoms with van der Waals surface area (Å²) in [4.78, 5) is 24.4. The predicted molar refractivity (Wildman–Crippen MR) is 79.2 cm³/mol. The van der Waals surface area contributed by atoms with E-state index in [1.165, 1.54) is 0 Å². The fourth-order valence-electron chi connectivity index (χ4n) is 2.57. The van der Waals surface area contributed by atoms with E-state index in [1.807, 2.05) is 13.8 Å². The minimum absolute atomic E-state index is 0.217. The van der Waals surface area contributed by atoms with Gasteiger partial charge in [0.15, 0.2) is 0 Å². The van der Waals surface area contributed by atoms with Crippen molar-refractivity contribution in [3.05, 3.63) is 0 Å². The summed E-state index contributed by atoms with van der Waals surface area (Å²) in [5, 5.41) is 0. The van der Waals surface area contributed by atoms with E-state index in [1.54, 1.807) is 6.92 Å². The molecule has 0 aromatic carbocycles. The molecular formula is C13H19Cl3O5. The molecule has 5 nitrogen and oxygen atoms in total. The Bertz CT molecular complexity index is 382. The molecule has 1 saturated heterocycles. The maximum atomic E-state index is 12.2. The van der Waals surface area contributed by atoms with Gasteiger partial charge in [-0.2, -0.15) is 0 Å². The van der Waals surface area contributed by atoms with Crippen LogP contribution >= 0.6 is 34.8 Å². The van der Waals surface area contributed by atoms with Gasteiger partial charge in [0.25, 0.3) is 0 Å². The molecular weight excluding hydrogens is 342 g/mol. The number of esters is 2. The Morgan fingerprint density at radius 1 is 1.00 bits per heavy atom. The third kappa shape index (κ3) is 4.88. The second kappa shape index (κ2) is 7.86. The molecule has 0 aliphatic carbocycles. The van der Waals surface area contributed by atoms with Crippen LogP contribution in [0, 0.1) is 11.8 Å². The van der Waals surface area contributed by atoms with E-state index in [4.69, 9.17) is 49.0 Å². The Morgan fingerprint density at radius 2 is 1.48 bits per heavy atom. The zero-order valence-corrected chi connectivity index (χ0v) is 14.4. The van der Waals surface area contributed by atoms with Crippen molar-refractivity contribution < 1.29 is 23.8 Å². The van der Waals surface area contributed by atoms with Crippen molar-refractivity contribution in [1.29, 1.82) is 0 Å². The highest BCUT2D eigenvalue weighted by Crippen LogP contribution is 2.40. The molecule has 0 spiro atoms. The fourth-order valence-corrected chi connectivity index (χ4v) is 2.80. The normalized spacial score (nSPS) is 29.2. The predicted octanol–water partition coefficient (Wildman–Crippen LogP) is 3.24. The maximum absolute atomic E-state index is 12.2. The summed E-state index contributed by atoms with van der Waals surface area (Å²) in [6.45, 7) is 5.63. The number of hydrogen-bond acceptors (Lipinski definition) is 5. The summed E-state index contributed by atoms with van der Waals surface area (Å²) >= 11 is 16.5. The van der Waals surface area contributed by atoms with Gasteiger partial charge in [0.05, 0.1) is 30.7 Å². The van der Waals surface area contributed by atoms with Gasteiger partial charge in [-0.25, -0.2) is 0 Å². The second-order valence-electron chi connectivity index (χ2n) is 4.70. The first-order valence-corrected chi connectivity index (χ1v) is 8.00. The van der Waals surface area contributed by atoms with Gasteiger partial charge < -0.3 is 14.2 Å². The zero-order valence-electron chi connectivity index (χ0n) is 12.1. The average Bonchev–Trinajstić information content (AvgIpc) is 2.75. The summed E-state index contributed by atoms with van der Waals surface area (Å²) < 4.78 is 13.4. The SMILES string of the molecule is CCOC(=O)C1C(CC)OC(CC)C1C(=O)OC(Cl)(Cl)Cl. The lowest BCUT2D eigenvalue weighted by molar-refractivity contribution is -0.160. The van der Waals surface area contributed by atoms with Crippen LogP contribution in [0.5, 0.6) is 0 Å². The Morgan fingerprint density at radius 3 is 1.86 bits per heavy atom. The van der Waals surface area contributed by atoms with Crippen molar-refractivity contribution in [3.63, 3.8) is 0 Å². The molecule has 1 rings (SSSR count). The van der Waals surface area contributed by atoms with E-state index in [0.29, 0.717) is 12.8 Å². The summed E-state index contributed by atoms with van der Waals surface area (Å²) in [6.07, 6.45) is 0.218. The molecule has 8 heteroatoms. The molecule has 0 aromatic rings. The molecule has 0 N–H and O–H groups in total. The van der Waals surface area contributed by atoms with Crippen LogP contribution in [0.25, 0.3) is 0 Å². The molecule has 4 atom stereocenters. The minimum atomic E-state index is -2.17. The lowest BCUT2D eigenvalue weighted by Crippen LogP contribution is -2.38. The summed E-state index contributed by atoms with van der Waals surface area (Å²) in [7, 11) is 0. The molecule has 1 heterocycles. The van der Waals surface area contributed by atoms with E-state index < -0.39 is 40.0 Å². The van der Waals surface area contributed by atoms with Crippen molar-refractivity contribution in [2.45, 2.75) is 49.8 Å². The molecule has 122 valence electrons. The standard InChI is InChI=1S/C13H19Cl3O5/c1-4-7-9(11(17)19-6-3)10(8(5-2)20-7)12(18)21-13(14,15)16/h7-10H,4-6H2,1-3H3. The van der Waals surface area contributed by atoms with Crippen LogP contribution in [-0.4, -0.2) is 34.7 Å². The number of rotatable bonds is 5. The maximum Gasteiger partial charge on any atom is 0.340 e. The molecule has 21 heavy (non-hydrogen) atoms. The van der Waals surface area contributed by atoms with Crippen LogP contribution in [0.2, 0.25) is 0 Å². The highest BCUT2D eigenvalue weighted by atomic mass is 35.6. The van der Waals surface area contributed by atoms with Crippen LogP contribution in [0.4, 0.5) is 0 Å². The van der Waals surface area contributed by atoms with Crippen LogP contribution in [-0.2, 0) is 23.8 Å². The van der Waals surface area contributed by atoms with Crippen molar-refractivity contribution >= 4 is 46.7 Å². The zero-order chi connectivity index (χ0) is 16.2. The van der Waals surface area contributed by atoms with Gasteiger partial charge in [0.1, 0.15) is 0 Å². The lowest BCUT2D eigenvalue weighted by atomic mass is 9.85. The first kappa shape index (κ1) is 18.8. The van der Waals surface area contributed by atoms with Gasteiger partial charge in [-0.1, -0.05) is 13.8 Å². The van der Waals surface area contributed by atoms with Gasteiger partial charge in [-0.3, -0.25) is 9.59 Å². The molecule has 1 aliphatic heterocycles. The van der Waals surface area contributed by atoms with E-state index >= 15 is 0 Å². The molecule has 0 saturated carbocycles. The van der Waals surface area contributed by atoms with E-state index in [9.17, 15) is 9.59 Å². The number of hydrogen-bond donors (Lipinski definition) is 0. The number of halogens is 3. The highest BCUT2D eigenvalue weighted by Gasteiger charge is 2.53. The van der Waals surface area contributed by atoms with Crippen LogP contribution in [0.1, 0.15) is 33.6 Å². The van der Waals surface area contributed by atoms with Crippen LogP contribution in [0.3, 0.4) is 0 Å². The van der Waals surface area contributed by atoms with E-state index in [0.717, 1.165) is 0 Å². The molecule has 1 aliphatic rings. The summed E-state index contributed by atoms with van der Waals surface area (Å²) in [5.74, 6) is -2.85. The van der Waals surface area contributed by atoms with Gasteiger partial charge in [0, 0.05) is 0 Å². The van der Waals surface area contributed by atoms with Crippen LogP contribution < -0.4 is 0 Å². The minimum Gasteiger partial charge on any atom is -0.466 e. The quantitative estimate of drug-likeness (QED) is 0.555. The summed E-state index contributed by atoms with van der Waals surface area (Å²) in [6, 6.07) is 0. The first-order valence-electron chi connectivity index (χ1n) is 6.86. The second-order valence-corrected chi connectivity index (χ2v) is 6.88. The Labute approximate surface area is 139 Å². The van der Waals surface area contributed by atoms with Gasteiger partial charge in [-0.15, -0.1) is 0 Å². The van der Waals surface area contributed by atoms with Gasteiger partial charge >= 0.3 is 15.9 Å². The van der Waals surface area contributed by atoms with Crippen molar-refractivity contribution in [3.8, 4) is 0 Å². The summed E-state index contributed by atoms with van der Waals surface area (Å²) in [5.41, 5.74) is 0. The van der Waals surface area contributed by atoms with Crippen molar-refractivity contribution in [1.82, 2.24) is 0 Å². The average molecular weight is 362 g/mol. The van der Waals surface area contributed by atoms with E-state index in [2.05, 4.69) is 0 Å². The Balaban J connectivity index is 3.01. The smallest absolute Gasteiger partial charge is 0.340 e. The number of ether oxygens (including phenoxy) is 3. The Kier molecular flexibility index (Phi) is 7.04. The monoisotopic (exact) mass is 360 g/mol. The topological polar surface area (TPSA) is 61.8 Å². The van der Waals surface area contributed by atoms with Crippen molar-refractivity contribution in [2.24, 2.45) is 11.8 Å². The molecule has 0 radical (unpaired) electrons. The number of carbonyl (C=O) groups is 2. The third-order valence-corrected chi connectivity index (χ3v) is 3.62. The lowest BCUT2D eigenvalue weighted by Gasteiger charge is -2.22. The Hall–Kier alpha value is -0.230. The first-order chi connectivity index (χ1) is 9.75. The molecule has 4 unspecified atom stereocenters. The van der Waals surface area contributed by atoms with E-state index in [-0.39, 0.29) is 6.61 Å². The molecule has 0 aromatic heterocycles. The molecule has 0 amide bonds.